The second kappa shape index (κ2) is 10.2. The lowest BCUT2D eigenvalue weighted by atomic mass is 9.87. The van der Waals surface area contributed by atoms with Gasteiger partial charge in [-0.25, -0.2) is 0 Å². The molecular weight excluding hydrogens is 426 g/mol. The number of ether oxygens (including phenoxy) is 1. The van der Waals surface area contributed by atoms with Crippen LogP contribution >= 0.6 is 0 Å². The summed E-state index contributed by atoms with van der Waals surface area (Å²) >= 11 is 0. The molecule has 2 aromatic carbocycles. The predicted octanol–water partition coefficient (Wildman–Crippen LogP) is 3.47. The van der Waals surface area contributed by atoms with Crippen LogP contribution in [0.15, 0.2) is 42.5 Å². The quantitative estimate of drug-likeness (QED) is 0.654. The molecule has 5 rings (SSSR count). The van der Waals surface area contributed by atoms with Crippen LogP contribution in [0.4, 0.5) is 0 Å². The van der Waals surface area contributed by atoms with Gasteiger partial charge in [0.05, 0.1) is 6.04 Å². The topological polar surface area (TPSA) is 61.9 Å². The second-order valence-electron chi connectivity index (χ2n) is 9.92. The Hall–Kier alpha value is -2.86. The van der Waals surface area contributed by atoms with Gasteiger partial charge < -0.3 is 19.9 Å². The highest BCUT2D eigenvalue weighted by Crippen LogP contribution is 2.41. The summed E-state index contributed by atoms with van der Waals surface area (Å²) in [6, 6.07) is 14.4. The first-order chi connectivity index (χ1) is 16.6. The molecule has 2 aromatic rings. The molecule has 0 bridgehead atoms. The first kappa shape index (κ1) is 22.9. The molecule has 3 aliphatic rings. The fourth-order valence-electron chi connectivity index (χ4n) is 5.15. The predicted molar refractivity (Wildman–Crippen MR) is 132 cm³/mol. The van der Waals surface area contributed by atoms with Crippen LogP contribution in [0, 0.1) is 12.8 Å². The maximum atomic E-state index is 13.2. The van der Waals surface area contributed by atoms with Gasteiger partial charge in [-0.3, -0.25) is 9.59 Å². The Balaban J connectivity index is 1.29. The van der Waals surface area contributed by atoms with Gasteiger partial charge in [0.25, 0.3) is 5.91 Å². The number of nitrogens with one attached hydrogen (secondary N) is 1. The van der Waals surface area contributed by atoms with E-state index >= 15 is 0 Å². The molecule has 1 atom stereocenters. The molecule has 0 radical (unpaired) electrons. The molecule has 2 fully saturated rings. The van der Waals surface area contributed by atoms with E-state index < -0.39 is 0 Å². The molecule has 180 valence electrons. The minimum Gasteiger partial charge on any atom is -0.484 e. The third-order valence-electron chi connectivity index (χ3n) is 7.27. The third kappa shape index (κ3) is 5.27. The number of likely N-dealkylation sites (tertiary alicyclic amines) is 1. The van der Waals surface area contributed by atoms with Crippen molar-refractivity contribution in [2.45, 2.75) is 45.1 Å². The van der Waals surface area contributed by atoms with Crippen LogP contribution in [-0.2, 0) is 16.0 Å². The number of hydrogen-bond donors (Lipinski definition) is 1. The third-order valence-corrected chi connectivity index (χ3v) is 7.27. The molecule has 1 unspecified atom stereocenters. The minimum atomic E-state index is -0.115. The van der Waals surface area contributed by atoms with Gasteiger partial charge in [-0.15, -0.1) is 0 Å². The summed E-state index contributed by atoms with van der Waals surface area (Å²) in [5.41, 5.74) is 4.67. The van der Waals surface area contributed by atoms with Crippen LogP contribution in [0.5, 0.6) is 5.75 Å². The summed E-state index contributed by atoms with van der Waals surface area (Å²) in [5, 5.41) is 2.96. The highest BCUT2D eigenvalue weighted by molar-refractivity contribution is 5.82. The van der Waals surface area contributed by atoms with Crippen molar-refractivity contribution >= 4 is 11.8 Å². The molecule has 34 heavy (non-hydrogen) atoms. The molecule has 1 saturated heterocycles. The summed E-state index contributed by atoms with van der Waals surface area (Å²) in [6.07, 6.45) is 5.34. The number of fused-ring (bicyclic) bond motifs is 1. The summed E-state index contributed by atoms with van der Waals surface area (Å²) in [6.45, 7) is 6.62. The molecule has 1 saturated carbocycles. The van der Waals surface area contributed by atoms with Gasteiger partial charge in [0, 0.05) is 25.6 Å². The first-order valence-corrected chi connectivity index (χ1v) is 12.7. The van der Waals surface area contributed by atoms with E-state index in [9.17, 15) is 9.59 Å². The van der Waals surface area contributed by atoms with Crippen molar-refractivity contribution < 1.29 is 14.3 Å². The zero-order valence-electron chi connectivity index (χ0n) is 20.1. The summed E-state index contributed by atoms with van der Waals surface area (Å²) in [4.78, 5) is 29.9. The van der Waals surface area contributed by atoms with Crippen molar-refractivity contribution in [2.75, 3.05) is 39.3 Å². The van der Waals surface area contributed by atoms with Gasteiger partial charge in [-0.1, -0.05) is 35.9 Å². The van der Waals surface area contributed by atoms with Crippen LogP contribution in [0.3, 0.4) is 0 Å². The number of hydrogen-bond acceptors (Lipinski definition) is 4. The Labute approximate surface area is 202 Å². The Morgan fingerprint density at radius 3 is 2.53 bits per heavy atom. The monoisotopic (exact) mass is 461 g/mol. The molecule has 1 aliphatic carbocycles. The number of aryl methyl sites for hydroxylation is 1. The normalized spacial score (nSPS) is 20.1. The lowest BCUT2D eigenvalue weighted by Crippen LogP contribution is -2.41. The Bertz CT molecular complexity index is 1030. The number of nitrogens with zero attached hydrogens (tertiary/aromatic N) is 2. The number of carbonyl (C=O) groups excluding carboxylic acids is 2. The van der Waals surface area contributed by atoms with Crippen molar-refractivity contribution in [3.05, 3.63) is 64.7 Å². The number of rotatable bonds is 8. The molecular formula is C28H35N3O3. The van der Waals surface area contributed by atoms with E-state index in [-0.39, 0.29) is 30.4 Å². The molecule has 0 aromatic heterocycles. The standard InChI is InChI=1S/C28H35N3O3/c1-20-4-6-22(7-5-20)27-25-18-24(34-19-26(32)29-13-17-30-14-2-3-15-30)11-10-21(25)12-16-31(27)28(33)23-8-9-23/h4-7,10-11,18,23,27H,2-3,8-9,12-17,19H2,1H3,(H,29,32). The average Bonchev–Trinajstić information content (AvgIpc) is 3.58. The van der Waals surface area contributed by atoms with E-state index in [1.807, 2.05) is 12.1 Å². The van der Waals surface area contributed by atoms with Crippen LogP contribution < -0.4 is 10.1 Å². The lowest BCUT2D eigenvalue weighted by molar-refractivity contribution is -0.134. The fraction of sp³-hybridized carbons (Fsp3) is 0.500. The number of amides is 2. The highest BCUT2D eigenvalue weighted by atomic mass is 16.5. The van der Waals surface area contributed by atoms with Crippen molar-refractivity contribution in [1.29, 1.82) is 0 Å². The van der Waals surface area contributed by atoms with E-state index in [0.29, 0.717) is 12.3 Å². The summed E-state index contributed by atoms with van der Waals surface area (Å²) < 4.78 is 5.89. The van der Waals surface area contributed by atoms with Gasteiger partial charge in [0.1, 0.15) is 5.75 Å². The van der Waals surface area contributed by atoms with E-state index in [4.69, 9.17) is 4.74 Å². The molecule has 2 heterocycles. The SMILES string of the molecule is Cc1ccc(C2c3cc(OCC(=O)NCCN4CCCC4)ccc3CCN2C(=O)C2CC2)cc1. The molecule has 1 N–H and O–H groups in total. The summed E-state index contributed by atoms with van der Waals surface area (Å²) in [7, 11) is 0. The van der Waals surface area contributed by atoms with Crippen molar-refractivity contribution in [3.8, 4) is 5.75 Å². The van der Waals surface area contributed by atoms with Gasteiger partial charge in [0.15, 0.2) is 6.61 Å². The van der Waals surface area contributed by atoms with Crippen LogP contribution in [0.1, 0.15) is 54.0 Å². The Morgan fingerprint density at radius 1 is 1.03 bits per heavy atom. The number of carbonyl (C=O) groups is 2. The van der Waals surface area contributed by atoms with Crippen molar-refractivity contribution in [2.24, 2.45) is 5.92 Å². The average molecular weight is 462 g/mol. The Kier molecular flexibility index (Phi) is 6.86. The van der Waals surface area contributed by atoms with Crippen LogP contribution in [0.2, 0.25) is 0 Å². The van der Waals surface area contributed by atoms with E-state index in [1.54, 1.807) is 0 Å². The Morgan fingerprint density at radius 2 is 1.79 bits per heavy atom. The van der Waals surface area contributed by atoms with Crippen LogP contribution in [0.25, 0.3) is 0 Å². The fourth-order valence-corrected chi connectivity index (χ4v) is 5.15. The maximum absolute atomic E-state index is 13.2. The minimum absolute atomic E-state index is 0.00129. The first-order valence-electron chi connectivity index (χ1n) is 12.7. The molecule has 6 nitrogen and oxygen atoms in total. The molecule has 6 heteroatoms. The lowest BCUT2D eigenvalue weighted by Gasteiger charge is -2.38. The van der Waals surface area contributed by atoms with Gasteiger partial charge in [-0.2, -0.15) is 0 Å². The number of benzene rings is 2. The second-order valence-corrected chi connectivity index (χ2v) is 9.92. The van der Waals surface area contributed by atoms with Gasteiger partial charge in [0.2, 0.25) is 5.91 Å². The summed E-state index contributed by atoms with van der Waals surface area (Å²) in [5.74, 6) is 1.02. The molecule has 2 amide bonds. The van der Waals surface area contributed by atoms with E-state index in [1.165, 1.54) is 24.0 Å². The van der Waals surface area contributed by atoms with Gasteiger partial charge >= 0.3 is 0 Å². The van der Waals surface area contributed by atoms with E-state index in [2.05, 4.69) is 52.4 Å². The highest BCUT2D eigenvalue weighted by Gasteiger charge is 2.39. The largest absolute Gasteiger partial charge is 0.484 e. The zero-order valence-corrected chi connectivity index (χ0v) is 20.1. The maximum Gasteiger partial charge on any atom is 0.257 e. The van der Waals surface area contributed by atoms with Crippen molar-refractivity contribution in [1.82, 2.24) is 15.1 Å². The molecule has 2 aliphatic heterocycles. The van der Waals surface area contributed by atoms with Gasteiger partial charge in [-0.05, 0) is 80.9 Å². The smallest absolute Gasteiger partial charge is 0.257 e. The van der Waals surface area contributed by atoms with E-state index in [0.717, 1.165) is 56.6 Å². The van der Waals surface area contributed by atoms with Crippen molar-refractivity contribution in [3.63, 3.8) is 0 Å². The molecule has 0 spiro atoms. The zero-order chi connectivity index (χ0) is 23.5. The van der Waals surface area contributed by atoms with Crippen LogP contribution in [-0.4, -0.2) is 60.9 Å².